The van der Waals surface area contributed by atoms with Gasteiger partial charge in [0.1, 0.15) is 0 Å². The summed E-state index contributed by atoms with van der Waals surface area (Å²) in [6.07, 6.45) is 0. The number of aromatic nitrogens is 2. The van der Waals surface area contributed by atoms with Crippen LogP contribution in [0.15, 0.2) is 267 Å². The number of nitrogens with zero attached hydrogens (tertiary/aromatic N) is 4. The van der Waals surface area contributed by atoms with Crippen LogP contribution in [0.25, 0.3) is 109 Å². The maximum Gasteiger partial charge on any atom is 0.0509 e. The van der Waals surface area contributed by atoms with Crippen molar-refractivity contribution in [1.29, 1.82) is 0 Å². The summed E-state index contributed by atoms with van der Waals surface area (Å²) in [5.74, 6) is 0. The molecule has 0 unspecified atom stereocenters. The van der Waals surface area contributed by atoms with Crippen molar-refractivity contribution in [3.8, 4) is 22.3 Å². The van der Waals surface area contributed by atoms with Gasteiger partial charge in [0.15, 0.2) is 0 Å². The van der Waals surface area contributed by atoms with Crippen LogP contribution in [-0.4, -0.2) is 9.13 Å². The standard InChI is InChI=1S/C72H50N4/c1-73-69-45-58(29-35-65(69)67-41-51-15-8-10-17-53(51)43-70(67)73)48-25-30-60(31-26-48)75(59-20-4-3-5-21-59)62-33-28-56-37-55(23-24-57(56)40-62)50-19-12-22-61(39-50)76(63-32-27-47-13-6-7-14-49(47)38-63)64-34-36-66-68-42-52-16-9-11-18-54(52)44-71(68)74(2)72(66)46-64/h3-46H,1-2H3. The van der Waals surface area contributed by atoms with E-state index in [1.165, 1.54) is 103 Å². The molecule has 0 bridgehead atoms. The van der Waals surface area contributed by atoms with Gasteiger partial charge < -0.3 is 18.9 Å². The summed E-state index contributed by atoms with van der Waals surface area (Å²) in [5, 5.41) is 14.9. The van der Waals surface area contributed by atoms with E-state index in [-0.39, 0.29) is 0 Å². The van der Waals surface area contributed by atoms with Gasteiger partial charge in [0.05, 0.1) is 5.52 Å². The van der Waals surface area contributed by atoms with Crippen LogP contribution in [0.1, 0.15) is 0 Å². The highest BCUT2D eigenvalue weighted by atomic mass is 15.1. The summed E-state index contributed by atoms with van der Waals surface area (Å²) in [5.41, 5.74) is 16.3. The number of aryl methyl sites for hydroxylation is 2. The number of fused-ring (bicyclic) bond motifs is 10. The van der Waals surface area contributed by atoms with Crippen molar-refractivity contribution in [1.82, 2.24) is 9.13 Å². The Morgan fingerprint density at radius 1 is 0.211 bits per heavy atom. The van der Waals surface area contributed by atoms with Gasteiger partial charge in [-0.3, -0.25) is 0 Å². The molecular formula is C72H50N4. The smallest absolute Gasteiger partial charge is 0.0509 e. The molecule has 0 radical (unpaired) electrons. The molecule has 0 N–H and O–H groups in total. The molecule has 0 aliphatic rings. The van der Waals surface area contributed by atoms with Crippen molar-refractivity contribution in [3.63, 3.8) is 0 Å². The van der Waals surface area contributed by atoms with E-state index in [0.717, 1.165) is 39.7 Å². The van der Waals surface area contributed by atoms with Gasteiger partial charge in [0.2, 0.25) is 0 Å². The third kappa shape index (κ3) is 7.21. The normalized spacial score (nSPS) is 11.8. The van der Waals surface area contributed by atoms with Gasteiger partial charge in [-0.05, 0) is 175 Å². The first-order valence-electron chi connectivity index (χ1n) is 26.2. The zero-order valence-corrected chi connectivity index (χ0v) is 42.2. The Morgan fingerprint density at radius 2 is 0.579 bits per heavy atom. The molecule has 0 amide bonds. The lowest BCUT2D eigenvalue weighted by molar-refractivity contribution is 1.01. The lowest BCUT2D eigenvalue weighted by Gasteiger charge is -2.27. The first-order chi connectivity index (χ1) is 37.5. The Kier molecular flexibility index (Phi) is 9.98. The van der Waals surface area contributed by atoms with Gasteiger partial charge in [-0.1, -0.05) is 158 Å². The Balaban J connectivity index is 0.773. The predicted octanol–water partition coefficient (Wildman–Crippen LogP) is 19.9. The monoisotopic (exact) mass is 970 g/mol. The van der Waals surface area contributed by atoms with E-state index in [1.807, 2.05) is 0 Å². The lowest BCUT2D eigenvalue weighted by atomic mass is 9.99. The van der Waals surface area contributed by atoms with Gasteiger partial charge in [-0.2, -0.15) is 0 Å². The molecule has 0 atom stereocenters. The van der Waals surface area contributed by atoms with Crippen LogP contribution in [-0.2, 0) is 14.1 Å². The predicted molar refractivity (Wildman–Crippen MR) is 325 cm³/mol. The van der Waals surface area contributed by atoms with Crippen molar-refractivity contribution in [2.45, 2.75) is 0 Å². The summed E-state index contributed by atoms with van der Waals surface area (Å²) in [7, 11) is 4.38. The summed E-state index contributed by atoms with van der Waals surface area (Å²) in [6.45, 7) is 0. The van der Waals surface area contributed by atoms with Crippen LogP contribution in [0, 0.1) is 0 Å². The molecule has 4 heteroatoms. The molecule has 76 heavy (non-hydrogen) atoms. The van der Waals surface area contributed by atoms with E-state index in [2.05, 4.69) is 300 Å². The minimum atomic E-state index is 1.10. The van der Waals surface area contributed by atoms with E-state index in [0.29, 0.717) is 0 Å². The SMILES string of the molecule is Cn1c2cc(-c3ccc(N(c4ccccc4)c4ccc5cc(-c6cccc(N(c7ccc8ccccc8c7)c7ccc8c9cc%10ccccc%10cc9n(C)c8c7)c6)ccc5c4)cc3)ccc2c2cc3ccccc3cc21. The lowest BCUT2D eigenvalue weighted by Crippen LogP contribution is -2.10. The third-order valence-corrected chi connectivity index (χ3v) is 16.0. The molecule has 13 aromatic carbocycles. The number of hydrogen-bond acceptors (Lipinski definition) is 2. The van der Waals surface area contributed by atoms with E-state index < -0.39 is 0 Å². The highest BCUT2D eigenvalue weighted by Gasteiger charge is 2.19. The number of para-hydroxylation sites is 1. The molecule has 2 aromatic heterocycles. The molecule has 15 aromatic rings. The number of hydrogen-bond donors (Lipinski definition) is 0. The van der Waals surface area contributed by atoms with Crippen LogP contribution in [0.3, 0.4) is 0 Å². The molecule has 0 saturated heterocycles. The van der Waals surface area contributed by atoms with Crippen molar-refractivity contribution in [3.05, 3.63) is 267 Å². The van der Waals surface area contributed by atoms with Crippen molar-refractivity contribution in [2.24, 2.45) is 14.1 Å². The third-order valence-electron chi connectivity index (χ3n) is 16.0. The van der Waals surface area contributed by atoms with Gasteiger partial charge in [0, 0.05) is 86.3 Å². The minimum Gasteiger partial charge on any atom is -0.344 e. The topological polar surface area (TPSA) is 16.3 Å². The molecule has 4 nitrogen and oxygen atoms in total. The number of benzene rings is 13. The van der Waals surface area contributed by atoms with E-state index in [1.54, 1.807) is 0 Å². The molecule has 0 spiro atoms. The van der Waals surface area contributed by atoms with Gasteiger partial charge in [0.25, 0.3) is 0 Å². The largest absolute Gasteiger partial charge is 0.344 e. The van der Waals surface area contributed by atoms with Gasteiger partial charge in [-0.25, -0.2) is 0 Å². The Morgan fingerprint density at radius 3 is 1.24 bits per heavy atom. The second-order valence-electron chi connectivity index (χ2n) is 20.4. The molecule has 15 rings (SSSR count). The summed E-state index contributed by atoms with van der Waals surface area (Å²) in [4.78, 5) is 4.77. The van der Waals surface area contributed by atoms with Crippen molar-refractivity contribution < 1.29 is 0 Å². The maximum atomic E-state index is 2.41. The first kappa shape index (κ1) is 43.7. The minimum absolute atomic E-state index is 1.10. The average Bonchev–Trinajstić information content (AvgIpc) is 4.00. The van der Waals surface area contributed by atoms with Crippen molar-refractivity contribution in [2.75, 3.05) is 9.80 Å². The molecular weight excluding hydrogens is 921 g/mol. The number of rotatable bonds is 8. The van der Waals surface area contributed by atoms with Gasteiger partial charge >= 0.3 is 0 Å². The van der Waals surface area contributed by atoms with E-state index >= 15 is 0 Å². The Labute approximate surface area is 440 Å². The fourth-order valence-electron chi connectivity index (χ4n) is 12.0. The van der Waals surface area contributed by atoms with Crippen LogP contribution in [0.5, 0.6) is 0 Å². The molecule has 0 aliphatic heterocycles. The van der Waals surface area contributed by atoms with E-state index in [4.69, 9.17) is 0 Å². The average molecular weight is 971 g/mol. The maximum absolute atomic E-state index is 2.41. The zero-order valence-electron chi connectivity index (χ0n) is 42.2. The molecule has 358 valence electrons. The zero-order chi connectivity index (χ0) is 50.4. The summed E-state index contributed by atoms with van der Waals surface area (Å²) >= 11 is 0. The second-order valence-corrected chi connectivity index (χ2v) is 20.4. The Bertz CT molecular complexity index is 4790. The number of anilines is 6. The Hall–Kier alpha value is -9.90. The highest BCUT2D eigenvalue weighted by molar-refractivity contribution is 6.15. The van der Waals surface area contributed by atoms with Crippen LogP contribution in [0.2, 0.25) is 0 Å². The van der Waals surface area contributed by atoms with Crippen molar-refractivity contribution >= 4 is 121 Å². The fourth-order valence-corrected chi connectivity index (χ4v) is 12.0. The molecule has 2 heterocycles. The summed E-state index contributed by atoms with van der Waals surface area (Å²) < 4.78 is 4.68. The van der Waals surface area contributed by atoms with Gasteiger partial charge in [-0.15, -0.1) is 0 Å². The van der Waals surface area contributed by atoms with E-state index in [9.17, 15) is 0 Å². The van der Waals surface area contributed by atoms with Crippen LogP contribution < -0.4 is 9.80 Å². The summed E-state index contributed by atoms with van der Waals surface area (Å²) in [6, 6.07) is 98.3. The quantitative estimate of drug-likeness (QED) is 0.151. The second kappa shape index (κ2) is 17.4. The first-order valence-corrected chi connectivity index (χ1v) is 26.2. The molecule has 0 aliphatic carbocycles. The molecule has 0 fully saturated rings. The fraction of sp³-hybridized carbons (Fsp3) is 0.0278. The highest BCUT2D eigenvalue weighted by Crippen LogP contribution is 2.43. The van der Waals surface area contributed by atoms with Crippen LogP contribution >= 0.6 is 0 Å². The van der Waals surface area contributed by atoms with Crippen LogP contribution in [0.4, 0.5) is 34.1 Å². The molecule has 0 saturated carbocycles.